The standard InChI is InChI=1S/C11H14FNO/c1-3-13-10-6-14-11-7(2)4-8(12)5-9(10)11/h4-5,10,13H,3,6H2,1-2H3. The van der Waals surface area contributed by atoms with E-state index in [0.29, 0.717) is 6.61 Å². The monoisotopic (exact) mass is 195 g/mol. The zero-order valence-electron chi connectivity index (χ0n) is 8.43. The van der Waals surface area contributed by atoms with E-state index in [1.54, 1.807) is 6.07 Å². The van der Waals surface area contributed by atoms with Crippen LogP contribution in [-0.4, -0.2) is 13.2 Å². The van der Waals surface area contributed by atoms with Crippen molar-refractivity contribution in [1.29, 1.82) is 0 Å². The van der Waals surface area contributed by atoms with Crippen molar-refractivity contribution in [2.75, 3.05) is 13.2 Å². The third-order valence-electron chi connectivity index (χ3n) is 2.49. The van der Waals surface area contributed by atoms with Crippen LogP contribution in [0.5, 0.6) is 5.75 Å². The molecule has 0 radical (unpaired) electrons. The Morgan fingerprint density at radius 1 is 1.57 bits per heavy atom. The van der Waals surface area contributed by atoms with Crippen LogP contribution in [0.15, 0.2) is 12.1 Å². The van der Waals surface area contributed by atoms with Crippen molar-refractivity contribution in [1.82, 2.24) is 5.32 Å². The molecule has 14 heavy (non-hydrogen) atoms. The largest absolute Gasteiger partial charge is 0.491 e. The maximum atomic E-state index is 13.2. The van der Waals surface area contributed by atoms with Gasteiger partial charge in [0.25, 0.3) is 0 Å². The summed E-state index contributed by atoms with van der Waals surface area (Å²) in [7, 11) is 0. The summed E-state index contributed by atoms with van der Waals surface area (Å²) in [5, 5.41) is 3.26. The molecule has 0 fully saturated rings. The third kappa shape index (κ3) is 1.48. The van der Waals surface area contributed by atoms with Crippen LogP contribution in [0.25, 0.3) is 0 Å². The molecule has 1 unspecified atom stereocenters. The molecule has 1 aromatic rings. The summed E-state index contributed by atoms with van der Waals surface area (Å²) in [4.78, 5) is 0. The molecule has 0 saturated carbocycles. The highest BCUT2D eigenvalue weighted by molar-refractivity contribution is 5.45. The van der Waals surface area contributed by atoms with Crippen LogP contribution < -0.4 is 10.1 Å². The van der Waals surface area contributed by atoms with Gasteiger partial charge in [-0.05, 0) is 31.2 Å². The van der Waals surface area contributed by atoms with Crippen molar-refractivity contribution in [3.8, 4) is 5.75 Å². The number of nitrogens with one attached hydrogen (secondary N) is 1. The highest BCUT2D eigenvalue weighted by Crippen LogP contribution is 2.35. The molecular weight excluding hydrogens is 181 g/mol. The van der Waals surface area contributed by atoms with Crippen LogP contribution in [0.3, 0.4) is 0 Å². The van der Waals surface area contributed by atoms with Crippen LogP contribution in [0.2, 0.25) is 0 Å². The number of hydrogen-bond acceptors (Lipinski definition) is 2. The zero-order chi connectivity index (χ0) is 10.1. The van der Waals surface area contributed by atoms with E-state index in [-0.39, 0.29) is 11.9 Å². The first kappa shape index (κ1) is 9.46. The summed E-state index contributed by atoms with van der Waals surface area (Å²) in [6.07, 6.45) is 0. The van der Waals surface area contributed by atoms with Crippen LogP contribution >= 0.6 is 0 Å². The van der Waals surface area contributed by atoms with Gasteiger partial charge in [0.05, 0.1) is 6.04 Å². The van der Waals surface area contributed by atoms with Crippen LogP contribution in [0, 0.1) is 12.7 Å². The lowest BCUT2D eigenvalue weighted by atomic mass is 10.1. The molecular formula is C11H14FNO. The molecule has 76 valence electrons. The summed E-state index contributed by atoms with van der Waals surface area (Å²) >= 11 is 0. The Morgan fingerprint density at radius 2 is 2.36 bits per heavy atom. The smallest absolute Gasteiger partial charge is 0.127 e. The van der Waals surface area contributed by atoms with E-state index in [1.165, 1.54) is 6.07 Å². The fourth-order valence-electron chi connectivity index (χ4n) is 1.88. The lowest BCUT2D eigenvalue weighted by Crippen LogP contribution is -2.21. The maximum Gasteiger partial charge on any atom is 0.127 e. The minimum Gasteiger partial charge on any atom is -0.491 e. The van der Waals surface area contributed by atoms with Crippen LogP contribution in [-0.2, 0) is 0 Å². The average molecular weight is 195 g/mol. The van der Waals surface area contributed by atoms with E-state index in [9.17, 15) is 4.39 Å². The number of aryl methyl sites for hydroxylation is 1. The molecule has 0 aromatic heterocycles. The summed E-state index contributed by atoms with van der Waals surface area (Å²) in [5.74, 6) is 0.659. The van der Waals surface area contributed by atoms with Gasteiger partial charge < -0.3 is 10.1 Å². The minimum absolute atomic E-state index is 0.143. The molecule has 0 spiro atoms. The Hall–Kier alpha value is -1.09. The first-order chi connectivity index (χ1) is 6.72. The molecule has 0 bridgehead atoms. The molecule has 1 N–H and O–H groups in total. The number of rotatable bonds is 2. The molecule has 2 rings (SSSR count). The van der Waals surface area contributed by atoms with Gasteiger partial charge in [0.2, 0.25) is 0 Å². The predicted octanol–water partition coefficient (Wildman–Crippen LogP) is 2.18. The Bertz CT molecular complexity index is 351. The molecule has 0 aliphatic carbocycles. The van der Waals surface area contributed by atoms with Gasteiger partial charge >= 0.3 is 0 Å². The summed E-state index contributed by atoms with van der Waals surface area (Å²) in [6.45, 7) is 5.37. The van der Waals surface area contributed by atoms with Gasteiger partial charge in [-0.2, -0.15) is 0 Å². The number of fused-ring (bicyclic) bond motifs is 1. The normalized spacial score (nSPS) is 19.2. The van der Waals surface area contributed by atoms with Crippen LogP contribution in [0.1, 0.15) is 24.1 Å². The van der Waals surface area contributed by atoms with Gasteiger partial charge in [-0.15, -0.1) is 0 Å². The van der Waals surface area contributed by atoms with Crippen LogP contribution in [0.4, 0.5) is 4.39 Å². The Labute approximate surface area is 83.1 Å². The molecule has 1 aromatic carbocycles. The molecule has 0 saturated heterocycles. The summed E-state index contributed by atoms with van der Waals surface area (Å²) in [5.41, 5.74) is 1.82. The molecule has 1 aliphatic heterocycles. The molecule has 0 amide bonds. The second kappa shape index (κ2) is 3.58. The second-order valence-corrected chi connectivity index (χ2v) is 3.56. The van der Waals surface area contributed by atoms with Gasteiger partial charge in [0, 0.05) is 5.56 Å². The predicted molar refractivity (Wildman–Crippen MR) is 53.0 cm³/mol. The van der Waals surface area contributed by atoms with Gasteiger partial charge in [0.15, 0.2) is 0 Å². The quantitative estimate of drug-likeness (QED) is 0.781. The number of benzene rings is 1. The fraction of sp³-hybridized carbons (Fsp3) is 0.455. The van der Waals surface area contributed by atoms with E-state index < -0.39 is 0 Å². The number of halogens is 1. The Morgan fingerprint density at radius 3 is 3.07 bits per heavy atom. The van der Waals surface area contributed by atoms with Crippen molar-refractivity contribution in [3.05, 3.63) is 29.1 Å². The third-order valence-corrected chi connectivity index (χ3v) is 2.49. The average Bonchev–Trinajstić information content (AvgIpc) is 2.49. The second-order valence-electron chi connectivity index (χ2n) is 3.56. The minimum atomic E-state index is -0.186. The van der Waals surface area contributed by atoms with E-state index in [0.717, 1.165) is 23.4 Å². The summed E-state index contributed by atoms with van der Waals surface area (Å²) < 4.78 is 18.7. The van der Waals surface area contributed by atoms with Gasteiger partial charge in [-0.1, -0.05) is 6.92 Å². The highest BCUT2D eigenvalue weighted by Gasteiger charge is 2.25. The summed E-state index contributed by atoms with van der Waals surface area (Å²) in [6, 6.07) is 3.21. The Balaban J connectivity index is 2.38. The van der Waals surface area contributed by atoms with Crippen molar-refractivity contribution in [2.24, 2.45) is 0 Å². The number of likely N-dealkylation sites (N-methyl/N-ethyl adjacent to an activating group) is 1. The fourth-order valence-corrected chi connectivity index (χ4v) is 1.88. The van der Waals surface area contributed by atoms with E-state index in [4.69, 9.17) is 4.74 Å². The van der Waals surface area contributed by atoms with E-state index in [1.807, 2.05) is 13.8 Å². The van der Waals surface area contributed by atoms with Gasteiger partial charge in [-0.3, -0.25) is 0 Å². The van der Waals surface area contributed by atoms with Gasteiger partial charge in [0.1, 0.15) is 18.2 Å². The lowest BCUT2D eigenvalue weighted by Gasteiger charge is -2.09. The Kier molecular flexibility index (Phi) is 2.42. The molecule has 1 atom stereocenters. The van der Waals surface area contributed by atoms with Crippen molar-refractivity contribution >= 4 is 0 Å². The lowest BCUT2D eigenvalue weighted by molar-refractivity contribution is 0.312. The highest BCUT2D eigenvalue weighted by atomic mass is 19.1. The maximum absolute atomic E-state index is 13.2. The van der Waals surface area contributed by atoms with E-state index in [2.05, 4.69) is 5.32 Å². The number of hydrogen-bond donors (Lipinski definition) is 1. The molecule has 2 nitrogen and oxygen atoms in total. The SMILES string of the molecule is CCNC1COc2c(C)cc(F)cc21. The number of ether oxygens (including phenoxy) is 1. The molecule has 3 heteroatoms. The van der Waals surface area contributed by atoms with Crippen molar-refractivity contribution in [2.45, 2.75) is 19.9 Å². The van der Waals surface area contributed by atoms with E-state index >= 15 is 0 Å². The molecule has 1 heterocycles. The topological polar surface area (TPSA) is 21.3 Å². The first-order valence-corrected chi connectivity index (χ1v) is 4.88. The van der Waals surface area contributed by atoms with Crippen molar-refractivity contribution < 1.29 is 9.13 Å². The first-order valence-electron chi connectivity index (χ1n) is 4.88. The zero-order valence-corrected chi connectivity index (χ0v) is 8.43. The van der Waals surface area contributed by atoms with Crippen molar-refractivity contribution in [3.63, 3.8) is 0 Å². The van der Waals surface area contributed by atoms with Gasteiger partial charge in [-0.25, -0.2) is 4.39 Å². The molecule has 1 aliphatic rings.